The van der Waals surface area contributed by atoms with Gasteiger partial charge in [0.1, 0.15) is 17.4 Å². The van der Waals surface area contributed by atoms with Gasteiger partial charge in [-0.3, -0.25) is 0 Å². The SMILES string of the molecule is CNc1cc(NC(C)c2c(C)noc2C)nc(N)n1. The third kappa shape index (κ3) is 2.75. The Kier molecular flexibility index (Phi) is 3.55. The summed E-state index contributed by atoms with van der Waals surface area (Å²) in [5, 5.41) is 10.2. The number of anilines is 3. The fourth-order valence-electron chi connectivity index (χ4n) is 2.07. The molecule has 0 saturated heterocycles. The molecule has 102 valence electrons. The zero-order valence-corrected chi connectivity index (χ0v) is 11.5. The number of aromatic nitrogens is 3. The number of hydrogen-bond acceptors (Lipinski definition) is 7. The number of nitrogens with two attached hydrogens (primary N) is 1. The maximum Gasteiger partial charge on any atom is 0.223 e. The second-order valence-electron chi connectivity index (χ2n) is 4.35. The quantitative estimate of drug-likeness (QED) is 0.773. The predicted octanol–water partition coefficient (Wildman–Crippen LogP) is 1.88. The molecule has 2 aromatic rings. The lowest BCUT2D eigenvalue weighted by molar-refractivity contribution is 0.392. The molecule has 0 aliphatic heterocycles. The smallest absolute Gasteiger partial charge is 0.223 e. The molecule has 0 bridgehead atoms. The number of hydrogen-bond donors (Lipinski definition) is 3. The molecule has 2 aromatic heterocycles. The summed E-state index contributed by atoms with van der Waals surface area (Å²) >= 11 is 0. The predicted molar refractivity (Wildman–Crippen MR) is 74.0 cm³/mol. The van der Waals surface area contributed by atoms with Crippen LogP contribution in [0.1, 0.15) is 30.0 Å². The Morgan fingerprint density at radius 2 is 1.95 bits per heavy atom. The van der Waals surface area contributed by atoms with Gasteiger partial charge < -0.3 is 20.9 Å². The van der Waals surface area contributed by atoms with Crippen LogP contribution in [0.15, 0.2) is 10.6 Å². The Morgan fingerprint density at radius 3 is 2.53 bits per heavy atom. The fraction of sp³-hybridized carbons (Fsp3) is 0.417. The van der Waals surface area contributed by atoms with Crippen molar-refractivity contribution in [1.82, 2.24) is 15.1 Å². The van der Waals surface area contributed by atoms with Crippen LogP contribution in [-0.2, 0) is 0 Å². The number of aryl methyl sites for hydroxylation is 2. The lowest BCUT2D eigenvalue weighted by Gasteiger charge is -2.15. The minimum Gasteiger partial charge on any atom is -0.373 e. The van der Waals surface area contributed by atoms with E-state index in [4.69, 9.17) is 10.3 Å². The molecule has 0 aromatic carbocycles. The molecular formula is C12H18N6O. The maximum atomic E-state index is 5.66. The Morgan fingerprint density at radius 1 is 1.26 bits per heavy atom. The first-order chi connectivity index (χ1) is 9.01. The largest absolute Gasteiger partial charge is 0.373 e. The molecule has 7 heteroatoms. The summed E-state index contributed by atoms with van der Waals surface area (Å²) in [5.74, 6) is 2.35. The summed E-state index contributed by atoms with van der Waals surface area (Å²) in [6.45, 7) is 5.82. The molecule has 0 radical (unpaired) electrons. The highest BCUT2D eigenvalue weighted by atomic mass is 16.5. The summed E-state index contributed by atoms with van der Waals surface area (Å²) < 4.78 is 5.16. The van der Waals surface area contributed by atoms with Crippen molar-refractivity contribution < 1.29 is 4.52 Å². The summed E-state index contributed by atoms with van der Waals surface area (Å²) in [4.78, 5) is 8.20. The maximum absolute atomic E-state index is 5.66. The Labute approximate surface area is 111 Å². The van der Waals surface area contributed by atoms with Crippen molar-refractivity contribution in [3.05, 3.63) is 23.1 Å². The first-order valence-corrected chi connectivity index (χ1v) is 6.03. The lowest BCUT2D eigenvalue weighted by Crippen LogP contribution is -2.11. The minimum absolute atomic E-state index is 0.0188. The van der Waals surface area contributed by atoms with Gasteiger partial charge in [0.05, 0.1) is 11.7 Å². The third-order valence-corrected chi connectivity index (χ3v) is 2.89. The van der Waals surface area contributed by atoms with Crippen molar-refractivity contribution in [3.8, 4) is 0 Å². The number of rotatable bonds is 4. The van der Waals surface area contributed by atoms with Crippen LogP contribution in [0.5, 0.6) is 0 Å². The van der Waals surface area contributed by atoms with Crippen LogP contribution in [-0.4, -0.2) is 22.2 Å². The van der Waals surface area contributed by atoms with Gasteiger partial charge in [-0.15, -0.1) is 0 Å². The zero-order chi connectivity index (χ0) is 14.0. The van der Waals surface area contributed by atoms with Gasteiger partial charge in [-0.2, -0.15) is 9.97 Å². The van der Waals surface area contributed by atoms with E-state index in [0.29, 0.717) is 11.6 Å². The second kappa shape index (κ2) is 5.13. The van der Waals surface area contributed by atoms with E-state index in [2.05, 4.69) is 25.8 Å². The van der Waals surface area contributed by atoms with Crippen molar-refractivity contribution in [1.29, 1.82) is 0 Å². The molecule has 1 unspecified atom stereocenters. The Bertz CT molecular complexity index is 560. The Hall–Kier alpha value is -2.31. The van der Waals surface area contributed by atoms with Gasteiger partial charge in [0.2, 0.25) is 5.95 Å². The van der Waals surface area contributed by atoms with Crippen molar-refractivity contribution in [2.24, 2.45) is 0 Å². The summed E-state index contributed by atoms with van der Waals surface area (Å²) in [6.07, 6.45) is 0. The molecule has 0 fully saturated rings. The van der Waals surface area contributed by atoms with E-state index in [1.54, 1.807) is 13.1 Å². The number of nitrogens with zero attached hydrogens (tertiary/aromatic N) is 3. The first-order valence-electron chi connectivity index (χ1n) is 6.03. The van der Waals surface area contributed by atoms with Crippen molar-refractivity contribution in [2.45, 2.75) is 26.8 Å². The zero-order valence-electron chi connectivity index (χ0n) is 11.5. The van der Waals surface area contributed by atoms with E-state index in [9.17, 15) is 0 Å². The fourth-order valence-corrected chi connectivity index (χ4v) is 2.07. The summed E-state index contributed by atoms with van der Waals surface area (Å²) in [7, 11) is 1.78. The Balaban J connectivity index is 2.24. The van der Waals surface area contributed by atoms with Gasteiger partial charge >= 0.3 is 0 Å². The number of nitrogens with one attached hydrogen (secondary N) is 2. The molecule has 7 nitrogen and oxygen atoms in total. The van der Waals surface area contributed by atoms with Crippen LogP contribution in [0.4, 0.5) is 17.6 Å². The monoisotopic (exact) mass is 262 g/mol. The number of nitrogen functional groups attached to an aromatic ring is 1. The first kappa shape index (κ1) is 13.1. The van der Waals surface area contributed by atoms with Crippen LogP contribution in [0.25, 0.3) is 0 Å². The van der Waals surface area contributed by atoms with E-state index in [1.165, 1.54) is 0 Å². The molecule has 0 aliphatic rings. The highest BCUT2D eigenvalue weighted by molar-refractivity contribution is 5.51. The molecule has 1 atom stereocenters. The van der Waals surface area contributed by atoms with Crippen molar-refractivity contribution >= 4 is 17.6 Å². The van der Waals surface area contributed by atoms with E-state index in [1.807, 2.05) is 20.8 Å². The topological polar surface area (TPSA) is 102 Å². The van der Waals surface area contributed by atoms with E-state index >= 15 is 0 Å². The lowest BCUT2D eigenvalue weighted by atomic mass is 10.1. The highest BCUT2D eigenvalue weighted by Crippen LogP contribution is 2.25. The molecule has 19 heavy (non-hydrogen) atoms. The van der Waals surface area contributed by atoms with Gasteiger partial charge in [0.25, 0.3) is 0 Å². The molecule has 2 heterocycles. The molecule has 4 N–H and O–H groups in total. The normalized spacial score (nSPS) is 12.2. The molecule has 0 amide bonds. The van der Waals surface area contributed by atoms with Crippen LogP contribution >= 0.6 is 0 Å². The van der Waals surface area contributed by atoms with Crippen molar-refractivity contribution in [2.75, 3.05) is 23.4 Å². The average molecular weight is 262 g/mol. The van der Waals surface area contributed by atoms with E-state index < -0.39 is 0 Å². The molecule has 0 aliphatic carbocycles. The molecule has 2 rings (SSSR count). The van der Waals surface area contributed by atoms with Gasteiger partial charge in [-0.1, -0.05) is 5.16 Å². The minimum atomic E-state index is 0.0188. The van der Waals surface area contributed by atoms with Crippen LogP contribution in [0.2, 0.25) is 0 Å². The summed E-state index contributed by atoms with van der Waals surface area (Å²) in [6, 6.07) is 1.82. The van der Waals surface area contributed by atoms with Gasteiger partial charge in [0, 0.05) is 18.7 Å². The van der Waals surface area contributed by atoms with Gasteiger partial charge in [-0.05, 0) is 20.8 Å². The van der Waals surface area contributed by atoms with E-state index in [-0.39, 0.29) is 12.0 Å². The third-order valence-electron chi connectivity index (χ3n) is 2.89. The molecule has 0 saturated carbocycles. The average Bonchev–Trinajstić information content (AvgIpc) is 2.68. The standard InChI is InChI=1S/C12H18N6O/c1-6(11-7(2)18-19-8(11)3)15-10-5-9(14-4)16-12(13)17-10/h5-6H,1-4H3,(H4,13,14,15,16,17). The van der Waals surface area contributed by atoms with Crippen LogP contribution in [0.3, 0.4) is 0 Å². The van der Waals surface area contributed by atoms with Crippen LogP contribution in [0, 0.1) is 13.8 Å². The van der Waals surface area contributed by atoms with Crippen LogP contribution < -0.4 is 16.4 Å². The van der Waals surface area contributed by atoms with Crippen molar-refractivity contribution in [3.63, 3.8) is 0 Å². The van der Waals surface area contributed by atoms with Gasteiger partial charge in [-0.25, -0.2) is 0 Å². The highest BCUT2D eigenvalue weighted by Gasteiger charge is 2.17. The molecular weight excluding hydrogens is 244 g/mol. The summed E-state index contributed by atoms with van der Waals surface area (Å²) in [5.41, 5.74) is 7.56. The van der Waals surface area contributed by atoms with E-state index in [0.717, 1.165) is 17.0 Å². The van der Waals surface area contributed by atoms with Gasteiger partial charge in [0.15, 0.2) is 0 Å². The molecule has 0 spiro atoms. The second-order valence-corrected chi connectivity index (χ2v) is 4.35.